The molecule has 6 heteroatoms. The molecular weight excluding hydrogens is 196 g/mol. The molecule has 2 unspecified atom stereocenters. The molecule has 0 aromatic carbocycles. The van der Waals surface area contributed by atoms with Crippen LogP contribution in [-0.2, 0) is 11.3 Å². The quantitative estimate of drug-likeness (QED) is 0.578. The van der Waals surface area contributed by atoms with Crippen LogP contribution in [0.15, 0.2) is 18.7 Å². The lowest BCUT2D eigenvalue weighted by molar-refractivity contribution is -0.138. The van der Waals surface area contributed by atoms with E-state index in [1.54, 1.807) is 12.5 Å². The van der Waals surface area contributed by atoms with Crippen molar-refractivity contribution in [3.05, 3.63) is 18.7 Å². The minimum atomic E-state index is -0.989. The van der Waals surface area contributed by atoms with Crippen molar-refractivity contribution in [3.63, 3.8) is 0 Å². The number of carbonyl (C=O) groups is 1. The molecular formula is C9H16N4O2. The molecule has 0 radical (unpaired) electrons. The molecule has 4 N–H and O–H groups in total. The van der Waals surface area contributed by atoms with Gasteiger partial charge in [0.2, 0.25) is 0 Å². The molecule has 1 heterocycles. The van der Waals surface area contributed by atoms with Gasteiger partial charge in [0, 0.05) is 31.5 Å². The average molecular weight is 212 g/mol. The number of hydrogen-bond acceptors (Lipinski definition) is 4. The highest BCUT2D eigenvalue weighted by molar-refractivity contribution is 5.73. The predicted molar refractivity (Wildman–Crippen MR) is 55.3 cm³/mol. The summed E-state index contributed by atoms with van der Waals surface area (Å²) in [5, 5.41) is 11.6. The van der Waals surface area contributed by atoms with Crippen molar-refractivity contribution in [2.45, 2.75) is 25.6 Å². The van der Waals surface area contributed by atoms with Crippen LogP contribution in [0.4, 0.5) is 0 Å². The van der Waals surface area contributed by atoms with Crippen LogP contribution in [0.3, 0.4) is 0 Å². The first kappa shape index (κ1) is 11.7. The summed E-state index contributed by atoms with van der Waals surface area (Å²) in [7, 11) is 0. The van der Waals surface area contributed by atoms with E-state index in [0.717, 1.165) is 6.54 Å². The normalized spacial score (nSPS) is 14.8. The summed E-state index contributed by atoms with van der Waals surface area (Å²) in [5.74, 6) is -0.989. The van der Waals surface area contributed by atoms with Crippen molar-refractivity contribution >= 4 is 5.97 Å². The van der Waals surface area contributed by atoms with E-state index in [9.17, 15) is 4.79 Å². The molecule has 1 aromatic rings. The molecule has 0 bridgehead atoms. The number of aliphatic carboxylic acids is 1. The maximum absolute atomic E-state index is 10.4. The topological polar surface area (TPSA) is 93.2 Å². The Hall–Kier alpha value is -1.40. The summed E-state index contributed by atoms with van der Waals surface area (Å²) in [4.78, 5) is 14.4. The van der Waals surface area contributed by atoms with Crippen LogP contribution in [0.5, 0.6) is 0 Å². The van der Waals surface area contributed by atoms with Gasteiger partial charge in [0.1, 0.15) is 6.04 Å². The van der Waals surface area contributed by atoms with Crippen LogP contribution in [0.1, 0.15) is 6.92 Å². The molecule has 0 amide bonds. The second kappa shape index (κ2) is 5.47. The molecule has 84 valence electrons. The molecule has 0 fully saturated rings. The largest absolute Gasteiger partial charge is 0.480 e. The molecule has 0 aliphatic carbocycles. The Kier molecular flexibility index (Phi) is 4.26. The van der Waals surface area contributed by atoms with Crippen LogP contribution in [0.25, 0.3) is 0 Å². The molecule has 0 aliphatic rings. The summed E-state index contributed by atoms with van der Waals surface area (Å²) < 4.78 is 1.92. The maximum Gasteiger partial charge on any atom is 0.321 e. The number of nitrogens with zero attached hydrogens (tertiary/aromatic N) is 2. The molecule has 0 aliphatic heterocycles. The van der Waals surface area contributed by atoms with Gasteiger partial charge in [-0.1, -0.05) is 0 Å². The molecule has 2 atom stereocenters. The fraction of sp³-hybridized carbons (Fsp3) is 0.556. The zero-order valence-corrected chi connectivity index (χ0v) is 8.63. The third-order valence-electron chi connectivity index (χ3n) is 2.05. The molecule has 6 nitrogen and oxygen atoms in total. The van der Waals surface area contributed by atoms with Gasteiger partial charge in [0.05, 0.1) is 6.33 Å². The van der Waals surface area contributed by atoms with Gasteiger partial charge in [0.15, 0.2) is 0 Å². The van der Waals surface area contributed by atoms with Gasteiger partial charge in [-0.2, -0.15) is 0 Å². The Labute approximate surface area is 88.1 Å². The van der Waals surface area contributed by atoms with Gasteiger partial charge in [-0.15, -0.1) is 0 Å². The summed E-state index contributed by atoms with van der Waals surface area (Å²) in [5.41, 5.74) is 5.36. The summed E-state index contributed by atoms with van der Waals surface area (Å²) in [6.07, 6.45) is 5.28. The zero-order chi connectivity index (χ0) is 11.3. The summed E-state index contributed by atoms with van der Waals surface area (Å²) in [6.45, 7) is 2.98. The summed E-state index contributed by atoms with van der Waals surface area (Å²) in [6, 6.07) is -0.695. The van der Waals surface area contributed by atoms with Gasteiger partial charge in [-0.25, -0.2) is 4.98 Å². The Morgan fingerprint density at radius 3 is 3.00 bits per heavy atom. The lowest BCUT2D eigenvalue weighted by Crippen LogP contribution is -2.44. The lowest BCUT2D eigenvalue weighted by Gasteiger charge is -2.15. The van der Waals surface area contributed by atoms with Gasteiger partial charge < -0.3 is 20.7 Å². The zero-order valence-electron chi connectivity index (χ0n) is 8.63. The fourth-order valence-electron chi connectivity index (χ4n) is 1.19. The van der Waals surface area contributed by atoms with E-state index in [2.05, 4.69) is 10.3 Å². The molecule has 0 spiro atoms. The van der Waals surface area contributed by atoms with Gasteiger partial charge in [-0.3, -0.25) is 4.79 Å². The minimum Gasteiger partial charge on any atom is -0.480 e. The Bertz CT molecular complexity index is 299. The second-order valence-electron chi connectivity index (χ2n) is 3.51. The van der Waals surface area contributed by atoms with E-state index in [1.165, 1.54) is 0 Å². The van der Waals surface area contributed by atoms with Crippen molar-refractivity contribution in [3.8, 4) is 0 Å². The third-order valence-corrected chi connectivity index (χ3v) is 2.05. The van der Waals surface area contributed by atoms with Crippen LogP contribution >= 0.6 is 0 Å². The SMILES string of the molecule is CC(Cn1ccnc1)NCC(N)C(=O)O. The standard InChI is InChI=1S/C9H16N4O2/c1-7(5-13-3-2-11-6-13)12-4-8(10)9(14)15/h2-3,6-8,12H,4-5,10H2,1H3,(H,14,15). The summed E-state index contributed by atoms with van der Waals surface area (Å²) >= 11 is 0. The number of nitrogens with two attached hydrogens (primary N) is 1. The van der Waals surface area contributed by atoms with Crippen molar-refractivity contribution < 1.29 is 9.90 Å². The number of nitrogens with one attached hydrogen (secondary N) is 1. The van der Waals surface area contributed by atoms with Gasteiger partial charge >= 0.3 is 5.97 Å². The number of aromatic nitrogens is 2. The third kappa shape index (κ3) is 4.09. The number of imidazole rings is 1. The smallest absolute Gasteiger partial charge is 0.321 e. The van der Waals surface area contributed by atoms with E-state index in [-0.39, 0.29) is 12.6 Å². The first-order valence-electron chi connectivity index (χ1n) is 4.77. The first-order valence-corrected chi connectivity index (χ1v) is 4.77. The lowest BCUT2D eigenvalue weighted by atomic mass is 10.2. The fourth-order valence-corrected chi connectivity index (χ4v) is 1.19. The monoisotopic (exact) mass is 212 g/mol. The number of rotatable bonds is 6. The van der Waals surface area contributed by atoms with Gasteiger partial charge in [-0.05, 0) is 6.92 Å². The van der Waals surface area contributed by atoms with Crippen molar-refractivity contribution in [2.75, 3.05) is 6.54 Å². The van der Waals surface area contributed by atoms with E-state index < -0.39 is 12.0 Å². The number of carboxylic acids is 1. The van der Waals surface area contributed by atoms with E-state index in [0.29, 0.717) is 0 Å². The predicted octanol–water partition coefficient (Wildman–Crippen LogP) is -0.727. The van der Waals surface area contributed by atoms with Crippen LogP contribution in [0, 0.1) is 0 Å². The highest BCUT2D eigenvalue weighted by atomic mass is 16.4. The Morgan fingerprint density at radius 1 is 1.73 bits per heavy atom. The Morgan fingerprint density at radius 2 is 2.47 bits per heavy atom. The van der Waals surface area contributed by atoms with Crippen molar-refractivity contribution in [1.82, 2.24) is 14.9 Å². The molecule has 15 heavy (non-hydrogen) atoms. The molecule has 1 rings (SSSR count). The highest BCUT2D eigenvalue weighted by Gasteiger charge is 2.12. The van der Waals surface area contributed by atoms with E-state index >= 15 is 0 Å². The number of hydrogen-bond donors (Lipinski definition) is 3. The molecule has 0 saturated carbocycles. The average Bonchev–Trinajstić information content (AvgIpc) is 2.66. The highest BCUT2D eigenvalue weighted by Crippen LogP contribution is 1.91. The first-order chi connectivity index (χ1) is 7.09. The molecule has 0 saturated heterocycles. The molecule has 1 aromatic heterocycles. The Balaban J connectivity index is 2.25. The minimum absolute atomic E-state index is 0.157. The van der Waals surface area contributed by atoms with Crippen LogP contribution in [0.2, 0.25) is 0 Å². The van der Waals surface area contributed by atoms with E-state index in [1.807, 2.05) is 17.7 Å². The number of carboxylic acid groups (broad SMARTS) is 1. The van der Waals surface area contributed by atoms with Crippen molar-refractivity contribution in [1.29, 1.82) is 0 Å². The van der Waals surface area contributed by atoms with Gasteiger partial charge in [0.25, 0.3) is 0 Å². The maximum atomic E-state index is 10.4. The van der Waals surface area contributed by atoms with Crippen LogP contribution in [-0.4, -0.2) is 39.3 Å². The van der Waals surface area contributed by atoms with Crippen molar-refractivity contribution in [2.24, 2.45) is 5.73 Å². The second-order valence-corrected chi connectivity index (χ2v) is 3.51. The van der Waals surface area contributed by atoms with Crippen LogP contribution < -0.4 is 11.1 Å². The van der Waals surface area contributed by atoms with E-state index in [4.69, 9.17) is 10.8 Å².